The highest BCUT2D eigenvalue weighted by Crippen LogP contribution is 2.47. The van der Waals surface area contributed by atoms with Gasteiger partial charge < -0.3 is 19.5 Å². The van der Waals surface area contributed by atoms with Crippen LogP contribution in [0, 0.1) is 35.0 Å². The first-order chi connectivity index (χ1) is 21.1. The third-order valence-corrected chi connectivity index (χ3v) is 10.8. The van der Waals surface area contributed by atoms with Crippen molar-refractivity contribution in [3.8, 4) is 0 Å². The van der Waals surface area contributed by atoms with E-state index in [2.05, 4.69) is 55.4 Å². The molecule has 5 rings (SSSR count). The lowest BCUT2D eigenvalue weighted by atomic mass is 9.80. The van der Waals surface area contributed by atoms with Gasteiger partial charge in [-0.15, -0.1) is 0 Å². The molecule has 0 radical (unpaired) electrons. The molecule has 5 aliphatic rings. The van der Waals surface area contributed by atoms with Crippen molar-refractivity contribution in [3.63, 3.8) is 0 Å². The minimum Gasteiger partial charge on any atom is -0.396 e. The number of nitrogens with zero attached hydrogens (tertiary/aromatic N) is 1. The van der Waals surface area contributed by atoms with E-state index in [0.717, 1.165) is 81.8 Å². The topological polar surface area (TPSA) is 59.0 Å². The maximum Gasteiger partial charge on any atom is 0.251 e. The summed E-state index contributed by atoms with van der Waals surface area (Å²) in [4.78, 5) is 13.9. The van der Waals surface area contributed by atoms with Crippen molar-refractivity contribution in [2.75, 3.05) is 39.5 Å². The molecular weight excluding hydrogens is 558 g/mol. The lowest BCUT2D eigenvalue weighted by molar-refractivity contribution is -0.142. The first kappa shape index (κ1) is 44.4. The van der Waals surface area contributed by atoms with Crippen molar-refractivity contribution in [3.05, 3.63) is 0 Å². The van der Waals surface area contributed by atoms with Gasteiger partial charge in [0, 0.05) is 39.5 Å². The predicted molar refractivity (Wildman–Crippen MR) is 195 cm³/mol. The Hall–Kier alpha value is -0.650. The standard InChI is InChI=1S/C11H19NO2.C10H20.C6H12O.C6H14O.C6H12.CH4/c1-9-4-2-6-12(8-9)11(13)10-5-3-7-14-10;1-3-9(2)10-7-5-4-6-8-10;1-6-2-4-7-5-3-6;1-3-4-6(2)5-7;1-3-6(2)4-5-6;/h9-10H,2-8H2,1H3;9-10H,3-8H2,1-2H3;6H,2-5H2,1H3;6-7H,3-5H2,1-2H3;3-5H2,1-2H3;1H4/t9-,10-;9-;;6-;;/m10.1../s1. The number of carbonyl (C=O) groups is 1. The van der Waals surface area contributed by atoms with E-state index in [1.54, 1.807) is 0 Å². The van der Waals surface area contributed by atoms with Gasteiger partial charge >= 0.3 is 0 Å². The Bertz CT molecular complexity index is 675. The second-order valence-corrected chi connectivity index (χ2v) is 15.4. The van der Waals surface area contributed by atoms with Crippen LogP contribution in [0.5, 0.6) is 0 Å². The van der Waals surface area contributed by atoms with E-state index in [1.165, 1.54) is 83.5 Å². The number of aliphatic hydroxyl groups excluding tert-OH is 1. The van der Waals surface area contributed by atoms with Crippen molar-refractivity contribution >= 4 is 5.91 Å². The fourth-order valence-corrected chi connectivity index (χ4v) is 6.37. The predicted octanol–water partition coefficient (Wildman–Crippen LogP) is 10.7. The van der Waals surface area contributed by atoms with Gasteiger partial charge in [0.1, 0.15) is 6.10 Å². The van der Waals surface area contributed by atoms with Crippen LogP contribution >= 0.6 is 0 Å². The van der Waals surface area contributed by atoms with Crippen molar-refractivity contribution < 1.29 is 19.4 Å². The average Bonchev–Trinajstić information content (AvgIpc) is 3.55. The molecule has 2 saturated carbocycles. The molecule has 3 saturated heterocycles. The van der Waals surface area contributed by atoms with Gasteiger partial charge in [0.15, 0.2) is 0 Å². The largest absolute Gasteiger partial charge is 0.396 e. The number of piperidine rings is 1. The van der Waals surface area contributed by atoms with E-state index in [9.17, 15) is 4.79 Å². The quantitative estimate of drug-likeness (QED) is 0.301. The van der Waals surface area contributed by atoms with Crippen LogP contribution in [0.25, 0.3) is 0 Å². The first-order valence-corrected chi connectivity index (χ1v) is 19.2. The molecule has 5 heteroatoms. The van der Waals surface area contributed by atoms with Crippen LogP contribution in [0.3, 0.4) is 0 Å². The highest BCUT2D eigenvalue weighted by atomic mass is 16.5. The number of carbonyl (C=O) groups excluding carboxylic acids is 1. The van der Waals surface area contributed by atoms with Gasteiger partial charge in [-0.05, 0) is 92.8 Å². The molecular formula is C40H81NO4. The zero-order valence-electron chi connectivity index (χ0n) is 30.8. The number of likely N-dealkylation sites (tertiary alicyclic amines) is 1. The minimum absolute atomic E-state index is 0. The minimum atomic E-state index is -0.125. The van der Waals surface area contributed by atoms with E-state index in [0.29, 0.717) is 18.4 Å². The molecule has 5 fully saturated rings. The number of hydrogen-bond acceptors (Lipinski definition) is 4. The summed E-state index contributed by atoms with van der Waals surface area (Å²) < 4.78 is 10.6. The average molecular weight is 640 g/mol. The fraction of sp³-hybridized carbons (Fsp3) is 0.975. The van der Waals surface area contributed by atoms with Gasteiger partial charge in [-0.2, -0.15) is 0 Å². The Morgan fingerprint density at radius 1 is 0.867 bits per heavy atom. The van der Waals surface area contributed by atoms with Crippen LogP contribution in [0.4, 0.5) is 0 Å². The zero-order chi connectivity index (χ0) is 32.8. The fourth-order valence-electron chi connectivity index (χ4n) is 6.37. The van der Waals surface area contributed by atoms with Gasteiger partial charge in [0.2, 0.25) is 0 Å². The molecule has 3 heterocycles. The second kappa shape index (κ2) is 26.3. The molecule has 0 bridgehead atoms. The zero-order valence-corrected chi connectivity index (χ0v) is 30.8. The van der Waals surface area contributed by atoms with E-state index in [-0.39, 0.29) is 19.4 Å². The van der Waals surface area contributed by atoms with Crippen LogP contribution in [0.1, 0.15) is 172 Å². The molecule has 3 aliphatic heterocycles. The third-order valence-electron chi connectivity index (χ3n) is 10.8. The van der Waals surface area contributed by atoms with Crippen LogP contribution in [-0.2, 0) is 14.3 Å². The first-order valence-electron chi connectivity index (χ1n) is 19.2. The summed E-state index contributed by atoms with van der Waals surface area (Å²) in [7, 11) is 0. The molecule has 0 aromatic rings. The molecule has 2 aliphatic carbocycles. The van der Waals surface area contributed by atoms with Crippen LogP contribution in [0.2, 0.25) is 0 Å². The third kappa shape index (κ3) is 21.0. The van der Waals surface area contributed by atoms with Crippen LogP contribution in [0.15, 0.2) is 0 Å². The van der Waals surface area contributed by atoms with Crippen molar-refractivity contribution in [1.29, 1.82) is 0 Å². The number of amides is 1. The summed E-state index contributed by atoms with van der Waals surface area (Å²) in [5, 5.41) is 8.47. The van der Waals surface area contributed by atoms with Crippen LogP contribution in [-0.4, -0.2) is 61.5 Å². The van der Waals surface area contributed by atoms with E-state index < -0.39 is 0 Å². The monoisotopic (exact) mass is 640 g/mol. The molecule has 270 valence electrons. The SMILES string of the molecule is C.CC1CCOCC1.CCC1(C)CC1.CCC[C@@H](C)CO.CC[C@H](C)C1CCCCC1.C[C@@H]1CCCN(C(=O)[C@H]2CCCO2)C1. The Morgan fingerprint density at radius 3 is 1.89 bits per heavy atom. The van der Waals surface area contributed by atoms with Crippen LogP contribution < -0.4 is 0 Å². The number of rotatable bonds is 7. The molecule has 4 atom stereocenters. The highest BCUT2D eigenvalue weighted by molar-refractivity contribution is 5.81. The summed E-state index contributed by atoms with van der Waals surface area (Å²) in [5.74, 6) is 4.36. The highest BCUT2D eigenvalue weighted by Gasteiger charge is 2.34. The smallest absolute Gasteiger partial charge is 0.251 e. The van der Waals surface area contributed by atoms with Crippen molar-refractivity contribution in [1.82, 2.24) is 4.90 Å². The van der Waals surface area contributed by atoms with E-state index >= 15 is 0 Å². The number of aliphatic hydroxyl groups is 1. The second-order valence-electron chi connectivity index (χ2n) is 15.4. The summed E-state index contributed by atoms with van der Waals surface area (Å²) in [6.45, 7) is 23.0. The summed E-state index contributed by atoms with van der Waals surface area (Å²) >= 11 is 0. The molecule has 1 N–H and O–H groups in total. The molecule has 1 amide bonds. The Labute approximate surface area is 282 Å². The Morgan fingerprint density at radius 2 is 1.51 bits per heavy atom. The van der Waals surface area contributed by atoms with Gasteiger partial charge in [0.05, 0.1) is 0 Å². The molecule has 0 unspecified atom stereocenters. The molecule has 45 heavy (non-hydrogen) atoms. The Kier molecular flexibility index (Phi) is 25.9. The van der Waals surface area contributed by atoms with Crippen molar-refractivity contribution in [2.24, 2.45) is 35.0 Å². The van der Waals surface area contributed by atoms with Crippen molar-refractivity contribution in [2.45, 2.75) is 178 Å². The molecule has 5 nitrogen and oxygen atoms in total. The number of ether oxygens (including phenoxy) is 2. The normalized spacial score (nSPS) is 25.6. The number of hydrogen-bond donors (Lipinski definition) is 1. The Balaban J connectivity index is 0.000000557. The summed E-state index contributed by atoms with van der Waals surface area (Å²) in [6.07, 6.45) is 22.3. The lowest BCUT2D eigenvalue weighted by Crippen LogP contribution is -2.44. The maximum atomic E-state index is 11.9. The summed E-state index contributed by atoms with van der Waals surface area (Å²) in [6, 6.07) is 0. The summed E-state index contributed by atoms with van der Waals surface area (Å²) in [5.41, 5.74) is 0.792. The van der Waals surface area contributed by atoms with Gasteiger partial charge in [-0.3, -0.25) is 4.79 Å². The van der Waals surface area contributed by atoms with E-state index in [1.807, 2.05) is 4.90 Å². The lowest BCUT2D eigenvalue weighted by Gasteiger charge is -2.32. The molecule has 0 aromatic carbocycles. The van der Waals surface area contributed by atoms with Gasteiger partial charge in [0.25, 0.3) is 5.91 Å². The van der Waals surface area contributed by atoms with E-state index in [4.69, 9.17) is 14.6 Å². The molecule has 0 aromatic heterocycles. The van der Waals surface area contributed by atoms with Gasteiger partial charge in [-0.1, -0.05) is 114 Å². The van der Waals surface area contributed by atoms with Gasteiger partial charge in [-0.25, -0.2) is 0 Å². The molecule has 0 spiro atoms. The maximum absolute atomic E-state index is 11.9.